The van der Waals surface area contributed by atoms with Crippen LogP contribution in [0.4, 0.5) is 0 Å². The number of phenolic OH excluding ortho intramolecular Hbond substituents is 1. The number of hydrogen-bond donors (Lipinski definition) is 2. The minimum atomic E-state index is -0.265. The topological polar surface area (TPSA) is 76.6 Å². The van der Waals surface area contributed by atoms with Crippen LogP contribution in [-0.4, -0.2) is 58.9 Å². The van der Waals surface area contributed by atoms with Crippen LogP contribution in [0.25, 0.3) is 21.8 Å². The van der Waals surface area contributed by atoms with Crippen molar-refractivity contribution in [1.29, 1.82) is 0 Å². The summed E-state index contributed by atoms with van der Waals surface area (Å²) in [7, 11) is 3.82. The number of carbonyl (C=O) groups is 2. The van der Waals surface area contributed by atoms with E-state index in [1.807, 2.05) is 32.8 Å². The second kappa shape index (κ2) is 5.57. The van der Waals surface area contributed by atoms with Gasteiger partial charge >= 0.3 is 0 Å². The van der Waals surface area contributed by atoms with Crippen molar-refractivity contribution in [3.8, 4) is 5.75 Å². The maximum atomic E-state index is 13.1. The van der Waals surface area contributed by atoms with Gasteiger partial charge < -0.3 is 15.0 Å². The van der Waals surface area contributed by atoms with Crippen LogP contribution >= 0.6 is 0 Å². The van der Waals surface area contributed by atoms with Gasteiger partial charge in [0.1, 0.15) is 5.75 Å². The Morgan fingerprint density at radius 2 is 1.73 bits per heavy atom. The van der Waals surface area contributed by atoms with Gasteiger partial charge in [0.05, 0.1) is 16.6 Å². The largest absolute Gasteiger partial charge is 0.508 e. The quantitative estimate of drug-likeness (QED) is 0.712. The van der Waals surface area contributed by atoms with Gasteiger partial charge in [-0.15, -0.1) is 0 Å². The first kappa shape index (κ1) is 16.6. The van der Waals surface area contributed by atoms with Crippen LogP contribution in [0, 0.1) is 13.8 Å². The van der Waals surface area contributed by atoms with E-state index in [2.05, 4.69) is 4.98 Å². The van der Waals surface area contributed by atoms with Crippen molar-refractivity contribution in [2.24, 2.45) is 0 Å². The molecule has 0 bridgehead atoms. The summed E-state index contributed by atoms with van der Waals surface area (Å²) in [6.07, 6.45) is 0. The average molecular weight is 351 g/mol. The van der Waals surface area contributed by atoms with Crippen molar-refractivity contribution in [3.63, 3.8) is 0 Å². The molecule has 2 amide bonds. The van der Waals surface area contributed by atoms with Crippen molar-refractivity contribution in [3.05, 3.63) is 40.5 Å². The van der Waals surface area contributed by atoms with E-state index in [0.717, 1.165) is 32.9 Å². The molecule has 0 atom stereocenters. The number of fused-ring (bicyclic) bond motifs is 5. The van der Waals surface area contributed by atoms with Crippen LogP contribution in [0.15, 0.2) is 18.2 Å². The highest BCUT2D eigenvalue weighted by Crippen LogP contribution is 2.39. The van der Waals surface area contributed by atoms with Crippen molar-refractivity contribution >= 4 is 33.6 Å². The Bertz CT molecular complexity index is 1100. The van der Waals surface area contributed by atoms with E-state index in [1.165, 1.54) is 4.90 Å². The first-order valence-electron chi connectivity index (χ1n) is 8.59. The number of aromatic amines is 1. The summed E-state index contributed by atoms with van der Waals surface area (Å²) < 4.78 is 0. The molecule has 2 heterocycles. The van der Waals surface area contributed by atoms with Gasteiger partial charge in [-0.05, 0) is 57.3 Å². The molecule has 1 aliphatic heterocycles. The molecule has 1 aromatic heterocycles. The van der Waals surface area contributed by atoms with Crippen molar-refractivity contribution in [2.45, 2.75) is 13.8 Å². The van der Waals surface area contributed by atoms with E-state index in [-0.39, 0.29) is 17.6 Å². The van der Waals surface area contributed by atoms with Crippen LogP contribution in [0.1, 0.15) is 31.8 Å². The normalized spacial score (nSPS) is 14.3. The lowest BCUT2D eigenvalue weighted by Crippen LogP contribution is -2.35. The molecule has 3 aromatic rings. The molecule has 0 unspecified atom stereocenters. The third kappa shape index (κ3) is 2.22. The van der Waals surface area contributed by atoms with Crippen LogP contribution in [0.5, 0.6) is 5.75 Å². The standard InChI is InChI=1S/C20H21N3O3/c1-10-7-12(24)9-13-15-16-14(8-11(2)18(15)21-17(10)13)19(25)23(20(16)26)6-5-22(3)4/h7-9,21,24H,5-6H2,1-4H3. The van der Waals surface area contributed by atoms with E-state index >= 15 is 0 Å². The number of aromatic nitrogens is 1. The Morgan fingerprint density at radius 3 is 2.42 bits per heavy atom. The SMILES string of the molecule is Cc1cc(O)cc2c1[nH]c1c(C)cc3c(c12)C(=O)N(CCN(C)C)C3=O. The van der Waals surface area contributed by atoms with Crippen molar-refractivity contribution in [2.75, 3.05) is 27.2 Å². The Kier molecular flexibility index (Phi) is 3.56. The molecule has 6 heteroatoms. The molecule has 134 valence electrons. The van der Waals surface area contributed by atoms with Gasteiger partial charge in [-0.25, -0.2) is 0 Å². The van der Waals surface area contributed by atoms with Gasteiger partial charge in [0.15, 0.2) is 0 Å². The fourth-order valence-electron chi connectivity index (χ4n) is 3.77. The highest BCUT2D eigenvalue weighted by molar-refractivity contribution is 6.30. The third-order valence-corrected chi connectivity index (χ3v) is 5.07. The zero-order chi connectivity index (χ0) is 18.7. The zero-order valence-corrected chi connectivity index (χ0v) is 15.3. The van der Waals surface area contributed by atoms with E-state index in [9.17, 15) is 14.7 Å². The number of phenols is 1. The van der Waals surface area contributed by atoms with E-state index in [0.29, 0.717) is 24.2 Å². The molecule has 1 aliphatic rings. The number of imide groups is 1. The number of amides is 2. The first-order chi connectivity index (χ1) is 12.3. The molecule has 4 rings (SSSR count). The molecular formula is C20H21N3O3. The average Bonchev–Trinajstić information content (AvgIpc) is 3.04. The maximum absolute atomic E-state index is 13.1. The molecule has 0 saturated heterocycles. The molecule has 2 aromatic carbocycles. The van der Waals surface area contributed by atoms with Gasteiger partial charge in [-0.1, -0.05) is 0 Å². The predicted octanol–water partition coefficient (Wildman–Crippen LogP) is 2.80. The zero-order valence-electron chi connectivity index (χ0n) is 15.3. The molecule has 6 nitrogen and oxygen atoms in total. The van der Waals surface area contributed by atoms with Crippen LogP contribution in [0.2, 0.25) is 0 Å². The van der Waals surface area contributed by atoms with Gasteiger partial charge in [0, 0.05) is 29.4 Å². The predicted molar refractivity (Wildman–Crippen MR) is 101 cm³/mol. The number of rotatable bonds is 3. The van der Waals surface area contributed by atoms with Crippen molar-refractivity contribution in [1.82, 2.24) is 14.8 Å². The van der Waals surface area contributed by atoms with Gasteiger partial charge in [-0.2, -0.15) is 0 Å². The number of nitrogens with zero attached hydrogens (tertiary/aromatic N) is 2. The maximum Gasteiger partial charge on any atom is 0.262 e. The van der Waals surface area contributed by atoms with Gasteiger partial charge in [0.2, 0.25) is 0 Å². The summed E-state index contributed by atoms with van der Waals surface area (Å²) in [5.41, 5.74) is 4.39. The Labute approximate surface area is 151 Å². The number of aryl methyl sites for hydroxylation is 2. The summed E-state index contributed by atoms with van der Waals surface area (Å²) in [4.78, 5) is 32.5. The number of carbonyl (C=O) groups excluding carboxylic acids is 2. The van der Waals surface area contributed by atoms with Crippen LogP contribution in [0.3, 0.4) is 0 Å². The Morgan fingerprint density at radius 1 is 1.04 bits per heavy atom. The summed E-state index contributed by atoms with van der Waals surface area (Å²) in [6.45, 7) is 4.80. The Hall–Kier alpha value is -2.86. The number of hydrogen-bond acceptors (Lipinski definition) is 4. The number of H-pyrrole nitrogens is 1. The van der Waals surface area contributed by atoms with Crippen molar-refractivity contribution < 1.29 is 14.7 Å². The Balaban J connectivity index is 2.01. The summed E-state index contributed by atoms with van der Waals surface area (Å²) in [6, 6.07) is 5.13. The molecule has 0 spiro atoms. The monoisotopic (exact) mass is 351 g/mol. The molecule has 2 N–H and O–H groups in total. The molecule has 0 saturated carbocycles. The molecule has 26 heavy (non-hydrogen) atoms. The second-order valence-corrected chi connectivity index (χ2v) is 7.24. The minimum Gasteiger partial charge on any atom is -0.508 e. The van der Waals surface area contributed by atoms with Gasteiger partial charge in [0.25, 0.3) is 11.8 Å². The molecule has 0 fully saturated rings. The highest BCUT2D eigenvalue weighted by atomic mass is 16.3. The fraction of sp³-hybridized carbons (Fsp3) is 0.300. The van der Waals surface area contributed by atoms with Gasteiger partial charge in [-0.3, -0.25) is 14.5 Å². The van der Waals surface area contributed by atoms with E-state index in [4.69, 9.17) is 0 Å². The first-order valence-corrected chi connectivity index (χ1v) is 8.59. The molecule has 0 aliphatic carbocycles. The third-order valence-electron chi connectivity index (χ3n) is 5.07. The lowest BCUT2D eigenvalue weighted by molar-refractivity contribution is 0.0645. The lowest BCUT2D eigenvalue weighted by atomic mass is 9.98. The minimum absolute atomic E-state index is 0.146. The summed E-state index contributed by atoms with van der Waals surface area (Å²) >= 11 is 0. The van der Waals surface area contributed by atoms with Crippen LogP contribution < -0.4 is 0 Å². The van der Waals surface area contributed by atoms with E-state index < -0.39 is 0 Å². The lowest BCUT2D eigenvalue weighted by Gasteiger charge is -2.16. The second-order valence-electron chi connectivity index (χ2n) is 7.24. The number of likely N-dealkylation sites (N-methyl/N-ethyl adjacent to an activating group) is 1. The van der Waals surface area contributed by atoms with E-state index in [1.54, 1.807) is 18.2 Å². The highest BCUT2D eigenvalue weighted by Gasteiger charge is 2.38. The molecular weight excluding hydrogens is 330 g/mol. The smallest absolute Gasteiger partial charge is 0.262 e. The number of benzene rings is 2. The van der Waals surface area contributed by atoms with Crippen LogP contribution in [-0.2, 0) is 0 Å². The number of aromatic hydroxyl groups is 1. The summed E-state index contributed by atoms with van der Waals surface area (Å²) in [5, 5.41) is 11.5. The summed E-state index contributed by atoms with van der Waals surface area (Å²) in [5.74, 6) is -0.366. The molecule has 0 radical (unpaired) electrons. The fourth-order valence-corrected chi connectivity index (χ4v) is 3.77. The number of nitrogens with one attached hydrogen (secondary N) is 1.